The molecule has 0 aromatic rings. The number of nitrogens with zero attached hydrogens (tertiary/aromatic N) is 1. The Hall–Kier alpha value is -0.550. The fraction of sp³-hybridized carbons (Fsp3) is 0.938. The maximum Gasteiger partial charge on any atom is 0.0860 e. The summed E-state index contributed by atoms with van der Waals surface area (Å²) in [6.07, 6.45) is 9.24. The lowest BCUT2D eigenvalue weighted by molar-refractivity contribution is -0.112. The molecule has 18 heavy (non-hydrogen) atoms. The molecule has 2 rings (SSSR count). The van der Waals surface area contributed by atoms with Crippen molar-refractivity contribution in [2.24, 2.45) is 17.3 Å². The van der Waals surface area contributed by atoms with E-state index in [-0.39, 0.29) is 0 Å². The van der Waals surface area contributed by atoms with E-state index in [2.05, 4.69) is 19.9 Å². The molecule has 0 spiro atoms. The van der Waals surface area contributed by atoms with E-state index in [1.807, 2.05) is 0 Å². The summed E-state index contributed by atoms with van der Waals surface area (Å²) in [4.78, 5) is 0. The van der Waals surface area contributed by atoms with Gasteiger partial charge < -0.3 is 5.11 Å². The SMILES string of the molecule is CCC1CCC(C#N)(C2(O)CCCC(C)C2)CC1. The number of hydrogen-bond acceptors (Lipinski definition) is 2. The number of rotatable bonds is 2. The van der Waals surface area contributed by atoms with E-state index in [1.54, 1.807) is 0 Å². The number of hydrogen-bond donors (Lipinski definition) is 1. The smallest absolute Gasteiger partial charge is 0.0860 e. The molecule has 2 aliphatic rings. The summed E-state index contributed by atoms with van der Waals surface area (Å²) in [6, 6.07) is 2.54. The fourth-order valence-corrected chi connectivity index (χ4v) is 4.22. The van der Waals surface area contributed by atoms with Crippen molar-refractivity contribution >= 4 is 0 Å². The molecule has 0 amide bonds. The van der Waals surface area contributed by atoms with Crippen molar-refractivity contribution in [2.45, 2.75) is 77.2 Å². The molecule has 2 saturated carbocycles. The van der Waals surface area contributed by atoms with E-state index in [1.165, 1.54) is 12.8 Å². The van der Waals surface area contributed by atoms with Crippen LogP contribution in [0.3, 0.4) is 0 Å². The molecule has 2 fully saturated rings. The third kappa shape index (κ3) is 2.30. The molecule has 0 aromatic carbocycles. The van der Waals surface area contributed by atoms with Crippen LogP contribution < -0.4 is 0 Å². The van der Waals surface area contributed by atoms with Crippen LogP contribution in [0.5, 0.6) is 0 Å². The minimum Gasteiger partial charge on any atom is -0.388 e. The lowest BCUT2D eigenvalue weighted by Gasteiger charge is -2.49. The average molecular weight is 249 g/mol. The standard InChI is InChI=1S/C16H27NO/c1-3-14-6-9-15(12-17,10-7-14)16(18)8-4-5-13(2)11-16/h13-14,18H,3-11H2,1-2H3. The van der Waals surface area contributed by atoms with Gasteiger partial charge in [0.25, 0.3) is 0 Å². The molecule has 2 atom stereocenters. The molecule has 0 heterocycles. The van der Waals surface area contributed by atoms with Gasteiger partial charge >= 0.3 is 0 Å². The normalized spacial score (nSPS) is 45.4. The van der Waals surface area contributed by atoms with Gasteiger partial charge in [-0.2, -0.15) is 5.26 Å². The third-order valence-corrected chi connectivity index (χ3v) is 5.61. The summed E-state index contributed by atoms with van der Waals surface area (Å²) in [5.74, 6) is 1.34. The van der Waals surface area contributed by atoms with Crippen molar-refractivity contribution in [2.75, 3.05) is 0 Å². The Morgan fingerprint density at radius 3 is 2.39 bits per heavy atom. The zero-order chi connectivity index (χ0) is 13.2. The molecule has 0 radical (unpaired) electrons. The second kappa shape index (κ2) is 5.21. The van der Waals surface area contributed by atoms with Gasteiger partial charge in [0.05, 0.1) is 17.1 Å². The highest BCUT2D eigenvalue weighted by Crippen LogP contribution is 2.52. The first kappa shape index (κ1) is 13.9. The van der Waals surface area contributed by atoms with Crippen molar-refractivity contribution in [1.82, 2.24) is 0 Å². The van der Waals surface area contributed by atoms with E-state index in [0.717, 1.165) is 50.9 Å². The van der Waals surface area contributed by atoms with E-state index < -0.39 is 11.0 Å². The molecule has 0 aliphatic heterocycles. The molecule has 0 aromatic heterocycles. The maximum atomic E-state index is 11.1. The lowest BCUT2D eigenvalue weighted by atomic mass is 9.57. The van der Waals surface area contributed by atoms with Crippen molar-refractivity contribution in [3.05, 3.63) is 0 Å². The largest absolute Gasteiger partial charge is 0.388 e. The molecule has 2 aliphatic carbocycles. The van der Waals surface area contributed by atoms with Crippen LogP contribution >= 0.6 is 0 Å². The van der Waals surface area contributed by atoms with Crippen molar-refractivity contribution in [3.63, 3.8) is 0 Å². The Balaban J connectivity index is 2.15. The van der Waals surface area contributed by atoms with Crippen LogP contribution in [-0.2, 0) is 0 Å². The number of aliphatic hydroxyl groups is 1. The van der Waals surface area contributed by atoms with Gasteiger partial charge in [0.2, 0.25) is 0 Å². The van der Waals surface area contributed by atoms with E-state index in [0.29, 0.717) is 5.92 Å². The Morgan fingerprint density at radius 1 is 1.22 bits per heavy atom. The number of nitriles is 1. The topological polar surface area (TPSA) is 44.0 Å². The quantitative estimate of drug-likeness (QED) is 0.802. The molecular weight excluding hydrogens is 222 g/mol. The Bertz CT molecular complexity index is 324. The zero-order valence-electron chi connectivity index (χ0n) is 11.9. The van der Waals surface area contributed by atoms with Gasteiger partial charge in [-0.05, 0) is 50.4 Å². The van der Waals surface area contributed by atoms with E-state index in [9.17, 15) is 10.4 Å². The Morgan fingerprint density at radius 2 is 1.89 bits per heavy atom. The average Bonchev–Trinajstić information content (AvgIpc) is 2.38. The summed E-state index contributed by atoms with van der Waals surface area (Å²) in [6.45, 7) is 4.45. The summed E-state index contributed by atoms with van der Waals surface area (Å²) in [5, 5.41) is 20.7. The Labute approximate surface area is 111 Å². The maximum absolute atomic E-state index is 11.1. The first-order valence-corrected chi connectivity index (χ1v) is 7.69. The van der Waals surface area contributed by atoms with Crippen LogP contribution in [0.15, 0.2) is 0 Å². The van der Waals surface area contributed by atoms with Gasteiger partial charge in [-0.3, -0.25) is 0 Å². The molecule has 102 valence electrons. The second-order valence-electron chi connectivity index (χ2n) is 6.78. The van der Waals surface area contributed by atoms with Gasteiger partial charge in [0.15, 0.2) is 0 Å². The third-order valence-electron chi connectivity index (χ3n) is 5.61. The summed E-state index contributed by atoms with van der Waals surface area (Å²) >= 11 is 0. The molecular formula is C16H27NO. The lowest BCUT2D eigenvalue weighted by Crippen LogP contribution is -2.52. The first-order valence-electron chi connectivity index (χ1n) is 7.69. The highest BCUT2D eigenvalue weighted by Gasteiger charge is 2.53. The van der Waals surface area contributed by atoms with Crippen molar-refractivity contribution in [3.8, 4) is 6.07 Å². The Kier molecular flexibility index (Phi) is 4.02. The van der Waals surface area contributed by atoms with Crippen LogP contribution in [0.2, 0.25) is 0 Å². The van der Waals surface area contributed by atoms with Crippen LogP contribution in [-0.4, -0.2) is 10.7 Å². The van der Waals surface area contributed by atoms with Gasteiger partial charge in [0, 0.05) is 0 Å². The van der Waals surface area contributed by atoms with Crippen LogP contribution in [0.1, 0.15) is 71.6 Å². The summed E-state index contributed by atoms with van der Waals surface area (Å²) < 4.78 is 0. The van der Waals surface area contributed by atoms with Crippen molar-refractivity contribution < 1.29 is 5.11 Å². The summed E-state index contributed by atoms with van der Waals surface area (Å²) in [5.41, 5.74) is -1.16. The van der Waals surface area contributed by atoms with Crippen molar-refractivity contribution in [1.29, 1.82) is 5.26 Å². The van der Waals surface area contributed by atoms with Gasteiger partial charge in [-0.15, -0.1) is 0 Å². The molecule has 1 N–H and O–H groups in total. The minimum atomic E-state index is -0.710. The molecule has 2 nitrogen and oxygen atoms in total. The highest BCUT2D eigenvalue weighted by molar-refractivity contribution is 5.14. The van der Waals surface area contributed by atoms with E-state index >= 15 is 0 Å². The predicted octanol–water partition coefficient (Wildman–Crippen LogP) is 4.04. The van der Waals surface area contributed by atoms with Crippen LogP contribution in [0.4, 0.5) is 0 Å². The van der Waals surface area contributed by atoms with Gasteiger partial charge in [-0.1, -0.05) is 33.1 Å². The van der Waals surface area contributed by atoms with Gasteiger partial charge in [0.1, 0.15) is 0 Å². The first-order chi connectivity index (χ1) is 8.55. The minimum absolute atomic E-state index is 0.451. The highest BCUT2D eigenvalue weighted by atomic mass is 16.3. The molecule has 2 heteroatoms. The second-order valence-corrected chi connectivity index (χ2v) is 6.78. The van der Waals surface area contributed by atoms with Crippen LogP contribution in [0, 0.1) is 28.6 Å². The zero-order valence-corrected chi connectivity index (χ0v) is 11.9. The molecule has 2 unspecified atom stereocenters. The monoisotopic (exact) mass is 249 g/mol. The predicted molar refractivity (Wildman–Crippen MR) is 72.9 cm³/mol. The van der Waals surface area contributed by atoms with Gasteiger partial charge in [-0.25, -0.2) is 0 Å². The molecule has 0 saturated heterocycles. The van der Waals surface area contributed by atoms with Crippen LogP contribution in [0.25, 0.3) is 0 Å². The fourth-order valence-electron chi connectivity index (χ4n) is 4.22. The molecule has 0 bridgehead atoms. The van der Waals surface area contributed by atoms with E-state index in [4.69, 9.17) is 0 Å². The summed E-state index contributed by atoms with van der Waals surface area (Å²) in [7, 11) is 0.